The highest BCUT2D eigenvalue weighted by Gasteiger charge is 2.40. The van der Waals surface area contributed by atoms with Gasteiger partial charge in [-0.1, -0.05) is 43.3 Å². The van der Waals surface area contributed by atoms with Crippen LogP contribution in [-0.4, -0.2) is 46.1 Å². The molecule has 0 bridgehead atoms. The third kappa shape index (κ3) is 6.22. The molecule has 3 aromatic carbocycles. The van der Waals surface area contributed by atoms with Crippen LogP contribution >= 0.6 is 11.8 Å². The van der Waals surface area contributed by atoms with Gasteiger partial charge >= 0.3 is 5.24 Å². The van der Waals surface area contributed by atoms with E-state index in [4.69, 9.17) is 9.73 Å². The lowest BCUT2D eigenvalue weighted by Gasteiger charge is -2.35. The summed E-state index contributed by atoms with van der Waals surface area (Å²) in [6.07, 6.45) is 2.85. The minimum absolute atomic E-state index is 0.263. The first-order valence-corrected chi connectivity index (χ1v) is 14.9. The molecule has 0 saturated carbocycles. The summed E-state index contributed by atoms with van der Waals surface area (Å²) in [7, 11) is 1.67. The van der Waals surface area contributed by atoms with E-state index in [1.807, 2.05) is 51.1 Å². The number of amides is 2. The summed E-state index contributed by atoms with van der Waals surface area (Å²) in [6.45, 7) is 7.32. The second-order valence-corrected chi connectivity index (χ2v) is 12.3. The molecule has 2 aliphatic heterocycles. The summed E-state index contributed by atoms with van der Waals surface area (Å²) in [5, 5.41) is 5.35. The van der Waals surface area contributed by atoms with Crippen LogP contribution in [0, 0.1) is 0 Å². The number of aryl methyl sites for hydroxylation is 1. The second-order valence-electron chi connectivity index (χ2n) is 10.7. The van der Waals surface area contributed by atoms with Crippen LogP contribution in [0.25, 0.3) is 0 Å². The molecule has 0 unspecified atom stereocenters. The zero-order valence-electron chi connectivity index (χ0n) is 24.1. The van der Waals surface area contributed by atoms with Crippen LogP contribution in [0.4, 0.5) is 10.5 Å². The standard InChI is InChI=1S/C33H36N4O3S/c1-5-10-29(38)37-32(39)41-33(2,3)30(35-37)26-16-19-28-25(21-26)13-9-20-36(28)31(24-14-17-27(40-4)18-15-24)34-22-23-11-7-6-8-12-23/h6-8,11-12,14-19,21H,5,9-10,13,20,22H2,1-4H3. The number of carbonyl (C=O) groups is 2. The average Bonchev–Trinajstić information content (AvgIpc) is 2.97. The molecule has 2 amide bonds. The van der Waals surface area contributed by atoms with E-state index in [9.17, 15) is 9.59 Å². The molecule has 0 aliphatic carbocycles. The molecule has 0 saturated heterocycles. The number of hydrazone groups is 1. The smallest absolute Gasteiger partial charge is 0.309 e. The fraction of sp³-hybridized carbons (Fsp3) is 0.333. The molecule has 0 radical (unpaired) electrons. The molecule has 5 rings (SSSR count). The van der Waals surface area contributed by atoms with Gasteiger partial charge in [0.2, 0.25) is 0 Å². The van der Waals surface area contributed by atoms with Gasteiger partial charge in [0.1, 0.15) is 11.6 Å². The number of ether oxygens (including phenoxy) is 1. The number of rotatable bonds is 7. The first-order chi connectivity index (χ1) is 19.8. The summed E-state index contributed by atoms with van der Waals surface area (Å²) in [6, 6.07) is 24.7. The molecule has 0 aromatic heterocycles. The largest absolute Gasteiger partial charge is 0.497 e. The quantitative estimate of drug-likeness (QED) is 0.225. The monoisotopic (exact) mass is 568 g/mol. The Bertz CT molecular complexity index is 1480. The van der Waals surface area contributed by atoms with E-state index in [0.717, 1.165) is 75.8 Å². The van der Waals surface area contributed by atoms with Crippen LogP contribution in [-0.2, 0) is 17.8 Å². The van der Waals surface area contributed by atoms with Gasteiger partial charge in [0, 0.05) is 24.2 Å². The van der Waals surface area contributed by atoms with Gasteiger partial charge in [-0.15, -0.1) is 0 Å². The van der Waals surface area contributed by atoms with E-state index in [0.29, 0.717) is 19.4 Å². The predicted octanol–water partition coefficient (Wildman–Crippen LogP) is 7.07. The van der Waals surface area contributed by atoms with Crippen LogP contribution in [0.1, 0.15) is 62.3 Å². The number of nitrogens with zero attached hydrogens (tertiary/aromatic N) is 4. The molecule has 0 atom stereocenters. The first kappa shape index (κ1) is 28.6. The number of benzene rings is 3. The Morgan fingerprint density at radius 3 is 2.54 bits per heavy atom. The van der Waals surface area contributed by atoms with Crippen LogP contribution < -0.4 is 9.64 Å². The number of thioether (sulfide) groups is 1. The molecule has 0 N–H and O–H groups in total. The van der Waals surface area contributed by atoms with Gasteiger partial charge in [0.15, 0.2) is 0 Å². The van der Waals surface area contributed by atoms with Gasteiger partial charge in [-0.2, -0.15) is 10.1 Å². The molecule has 41 heavy (non-hydrogen) atoms. The van der Waals surface area contributed by atoms with Crippen LogP contribution in [0.5, 0.6) is 5.75 Å². The Kier molecular flexibility index (Phi) is 8.59. The van der Waals surface area contributed by atoms with E-state index < -0.39 is 4.75 Å². The number of hydrogen-bond acceptors (Lipinski definition) is 6. The first-order valence-electron chi connectivity index (χ1n) is 14.1. The van der Waals surface area contributed by atoms with Gasteiger partial charge in [0.25, 0.3) is 5.91 Å². The van der Waals surface area contributed by atoms with Crippen molar-refractivity contribution in [2.45, 2.75) is 57.7 Å². The van der Waals surface area contributed by atoms with Gasteiger partial charge in [-0.3, -0.25) is 14.6 Å². The van der Waals surface area contributed by atoms with Gasteiger partial charge in [-0.25, -0.2) is 0 Å². The van der Waals surface area contributed by atoms with Crippen molar-refractivity contribution in [3.63, 3.8) is 0 Å². The van der Waals surface area contributed by atoms with Crippen molar-refractivity contribution < 1.29 is 14.3 Å². The summed E-state index contributed by atoms with van der Waals surface area (Å²) in [5.74, 6) is 1.46. The van der Waals surface area contributed by atoms with Gasteiger partial charge in [-0.05, 0) is 98.0 Å². The Labute approximate surface area is 246 Å². The number of fused-ring (bicyclic) bond motifs is 1. The topological polar surface area (TPSA) is 74.6 Å². The maximum Gasteiger partial charge on any atom is 0.309 e. The predicted molar refractivity (Wildman–Crippen MR) is 167 cm³/mol. The number of anilines is 1. The van der Waals surface area contributed by atoms with E-state index in [1.54, 1.807) is 7.11 Å². The fourth-order valence-electron chi connectivity index (χ4n) is 5.24. The van der Waals surface area contributed by atoms with Crippen molar-refractivity contribution in [1.29, 1.82) is 0 Å². The highest BCUT2D eigenvalue weighted by atomic mass is 32.2. The molecule has 212 valence electrons. The number of carbonyl (C=O) groups excluding carboxylic acids is 2. The molecule has 7 nitrogen and oxygen atoms in total. The van der Waals surface area contributed by atoms with E-state index >= 15 is 0 Å². The molecule has 0 fully saturated rings. The molecular formula is C33H36N4O3S. The minimum Gasteiger partial charge on any atom is -0.497 e. The lowest BCUT2D eigenvalue weighted by atomic mass is 9.93. The lowest BCUT2D eigenvalue weighted by molar-refractivity contribution is -0.127. The van der Waals surface area contributed by atoms with Crippen LogP contribution in [0.15, 0.2) is 82.9 Å². The summed E-state index contributed by atoms with van der Waals surface area (Å²) < 4.78 is 4.84. The highest BCUT2D eigenvalue weighted by molar-refractivity contribution is 8.15. The highest BCUT2D eigenvalue weighted by Crippen LogP contribution is 2.38. The zero-order chi connectivity index (χ0) is 29.0. The maximum atomic E-state index is 12.7. The number of amidine groups is 1. The van der Waals surface area contributed by atoms with Crippen molar-refractivity contribution in [3.8, 4) is 5.75 Å². The zero-order valence-corrected chi connectivity index (χ0v) is 24.9. The van der Waals surface area contributed by atoms with Crippen molar-refractivity contribution in [3.05, 3.63) is 95.1 Å². The third-order valence-corrected chi connectivity index (χ3v) is 8.37. The van der Waals surface area contributed by atoms with E-state index in [1.165, 1.54) is 5.56 Å². The van der Waals surface area contributed by atoms with Crippen molar-refractivity contribution in [2.24, 2.45) is 10.1 Å². The van der Waals surface area contributed by atoms with Crippen molar-refractivity contribution in [1.82, 2.24) is 5.01 Å². The number of aliphatic imine (C=N–C) groups is 1. The summed E-state index contributed by atoms with van der Waals surface area (Å²) in [5.41, 5.74) is 6.15. The summed E-state index contributed by atoms with van der Waals surface area (Å²) >= 11 is 1.15. The Hall–Kier alpha value is -3.91. The lowest BCUT2D eigenvalue weighted by Crippen LogP contribution is -2.43. The van der Waals surface area contributed by atoms with Crippen molar-refractivity contribution in [2.75, 3.05) is 18.6 Å². The van der Waals surface area contributed by atoms with Gasteiger partial charge < -0.3 is 9.64 Å². The fourth-order valence-corrected chi connectivity index (χ4v) is 6.16. The Morgan fingerprint density at radius 2 is 1.83 bits per heavy atom. The number of imide groups is 1. The molecule has 8 heteroatoms. The summed E-state index contributed by atoms with van der Waals surface area (Å²) in [4.78, 5) is 32.8. The maximum absolute atomic E-state index is 12.7. The normalized spacial score (nSPS) is 16.7. The Balaban J connectivity index is 1.53. The molecule has 2 heterocycles. The van der Waals surface area contributed by atoms with Gasteiger partial charge in [0.05, 0.1) is 24.1 Å². The molecule has 3 aromatic rings. The van der Waals surface area contributed by atoms with Crippen LogP contribution in [0.3, 0.4) is 0 Å². The minimum atomic E-state index is -0.561. The Morgan fingerprint density at radius 1 is 1.07 bits per heavy atom. The van der Waals surface area contributed by atoms with E-state index in [-0.39, 0.29) is 11.1 Å². The second kappa shape index (κ2) is 12.3. The molecule has 0 spiro atoms. The van der Waals surface area contributed by atoms with E-state index in [2.05, 4.69) is 52.5 Å². The SMILES string of the molecule is CCCC(=O)N1N=C(c2ccc3c(c2)CCCN3C(=NCc2ccccc2)c2ccc(OC)cc2)C(C)(C)SC1=O. The van der Waals surface area contributed by atoms with Crippen LogP contribution in [0.2, 0.25) is 0 Å². The third-order valence-electron chi connectivity index (χ3n) is 7.32. The number of methoxy groups -OCH3 is 1. The molecule has 2 aliphatic rings. The van der Waals surface area contributed by atoms with Crippen molar-refractivity contribution >= 4 is 40.1 Å². The number of hydrogen-bond donors (Lipinski definition) is 0. The molecular weight excluding hydrogens is 532 g/mol. The average molecular weight is 569 g/mol.